The number of amides is 1. The SMILES string of the molecule is CCOC(=O)Oc1ccc2c3c1OC1[C@@H](O)CCC4C(C2)N(C(=O)OCC)CCC341. The smallest absolute Gasteiger partial charge is 0.483 e. The van der Waals surface area contributed by atoms with Gasteiger partial charge in [-0.15, -0.1) is 0 Å². The highest BCUT2D eigenvalue weighted by Crippen LogP contribution is 2.64. The predicted octanol–water partition coefficient (Wildman–Crippen LogP) is 2.78. The van der Waals surface area contributed by atoms with E-state index in [-0.39, 0.29) is 30.1 Å². The van der Waals surface area contributed by atoms with Gasteiger partial charge in [-0.2, -0.15) is 0 Å². The molecule has 2 aliphatic heterocycles. The lowest BCUT2D eigenvalue weighted by molar-refractivity contribution is -0.0996. The molecule has 162 valence electrons. The van der Waals surface area contributed by atoms with E-state index in [1.54, 1.807) is 13.0 Å². The number of carbonyl (C=O) groups excluding carboxylic acids is 2. The third-order valence-corrected chi connectivity index (χ3v) is 7.23. The Morgan fingerprint density at radius 3 is 2.80 bits per heavy atom. The Balaban J connectivity index is 1.59. The first-order valence-electron chi connectivity index (χ1n) is 10.8. The van der Waals surface area contributed by atoms with Crippen LogP contribution in [0, 0.1) is 5.92 Å². The largest absolute Gasteiger partial charge is 0.513 e. The fourth-order valence-electron chi connectivity index (χ4n) is 6.26. The molecule has 4 unspecified atom stereocenters. The quantitative estimate of drug-likeness (QED) is 0.597. The second-order valence-electron chi connectivity index (χ2n) is 8.46. The van der Waals surface area contributed by atoms with Crippen LogP contribution < -0.4 is 9.47 Å². The minimum atomic E-state index is -0.771. The van der Waals surface area contributed by atoms with Gasteiger partial charge in [0.05, 0.1) is 19.3 Å². The summed E-state index contributed by atoms with van der Waals surface area (Å²) >= 11 is 0. The number of likely N-dealkylation sites (tertiary alicyclic amines) is 1. The summed E-state index contributed by atoms with van der Waals surface area (Å²) in [5.41, 5.74) is 1.73. The van der Waals surface area contributed by atoms with E-state index in [4.69, 9.17) is 18.9 Å². The van der Waals surface area contributed by atoms with E-state index in [0.29, 0.717) is 43.9 Å². The molecule has 1 N–H and O–H groups in total. The molecule has 5 rings (SSSR count). The summed E-state index contributed by atoms with van der Waals surface area (Å²) in [4.78, 5) is 26.4. The number of rotatable bonds is 3. The average molecular weight is 417 g/mol. The minimum Gasteiger partial charge on any atom is -0.483 e. The number of aliphatic hydroxyl groups excluding tert-OH is 1. The molecule has 5 atom stereocenters. The Morgan fingerprint density at radius 2 is 2.03 bits per heavy atom. The molecule has 30 heavy (non-hydrogen) atoms. The molecule has 1 aromatic carbocycles. The number of ether oxygens (including phenoxy) is 4. The zero-order valence-electron chi connectivity index (χ0n) is 17.3. The van der Waals surface area contributed by atoms with Crippen LogP contribution in [0.4, 0.5) is 9.59 Å². The van der Waals surface area contributed by atoms with Crippen LogP contribution in [0.15, 0.2) is 12.1 Å². The van der Waals surface area contributed by atoms with Crippen LogP contribution in [0.25, 0.3) is 0 Å². The fraction of sp³-hybridized carbons (Fsp3) is 0.636. The summed E-state index contributed by atoms with van der Waals surface area (Å²) in [6, 6.07) is 3.67. The van der Waals surface area contributed by atoms with Crippen LogP contribution in [-0.4, -0.2) is 60.3 Å². The van der Waals surface area contributed by atoms with Crippen molar-refractivity contribution in [2.45, 2.75) is 63.2 Å². The van der Waals surface area contributed by atoms with Crippen molar-refractivity contribution >= 4 is 12.2 Å². The molecule has 1 saturated heterocycles. The fourth-order valence-corrected chi connectivity index (χ4v) is 6.26. The molecule has 4 aliphatic rings. The molecule has 1 spiro atoms. The van der Waals surface area contributed by atoms with Crippen LogP contribution >= 0.6 is 0 Å². The lowest BCUT2D eigenvalue weighted by atomic mass is 9.51. The molecule has 8 nitrogen and oxygen atoms in total. The topological polar surface area (TPSA) is 94.5 Å². The van der Waals surface area contributed by atoms with E-state index in [0.717, 1.165) is 17.5 Å². The van der Waals surface area contributed by atoms with Gasteiger partial charge in [0, 0.05) is 23.6 Å². The minimum absolute atomic E-state index is 0.00618. The summed E-state index contributed by atoms with van der Waals surface area (Å²) in [5, 5.41) is 10.8. The van der Waals surface area contributed by atoms with Crippen molar-refractivity contribution in [1.29, 1.82) is 0 Å². The first kappa shape index (κ1) is 19.5. The van der Waals surface area contributed by atoms with E-state index in [1.807, 2.05) is 17.9 Å². The Kier molecular flexibility index (Phi) is 4.57. The van der Waals surface area contributed by atoms with Crippen LogP contribution in [0.1, 0.15) is 44.2 Å². The van der Waals surface area contributed by atoms with Gasteiger partial charge in [0.25, 0.3) is 0 Å². The molecule has 1 saturated carbocycles. The Morgan fingerprint density at radius 1 is 1.23 bits per heavy atom. The zero-order valence-corrected chi connectivity index (χ0v) is 17.3. The molecule has 0 aromatic heterocycles. The molecule has 1 aromatic rings. The van der Waals surface area contributed by atoms with Gasteiger partial charge in [0.15, 0.2) is 11.5 Å². The molecule has 8 heteroatoms. The highest BCUT2D eigenvalue weighted by Gasteiger charge is 2.66. The van der Waals surface area contributed by atoms with E-state index in [1.165, 1.54) is 0 Å². The van der Waals surface area contributed by atoms with Crippen molar-refractivity contribution in [3.8, 4) is 11.5 Å². The number of benzene rings is 1. The summed E-state index contributed by atoms with van der Waals surface area (Å²) in [5.74, 6) is 1.03. The highest BCUT2D eigenvalue weighted by molar-refractivity contribution is 5.71. The first-order chi connectivity index (χ1) is 14.5. The number of hydrogen-bond acceptors (Lipinski definition) is 7. The highest BCUT2D eigenvalue weighted by atomic mass is 16.7. The van der Waals surface area contributed by atoms with Crippen LogP contribution in [-0.2, 0) is 21.3 Å². The predicted molar refractivity (Wildman–Crippen MR) is 105 cm³/mol. The van der Waals surface area contributed by atoms with Crippen molar-refractivity contribution in [2.75, 3.05) is 19.8 Å². The van der Waals surface area contributed by atoms with Crippen LogP contribution in [0.5, 0.6) is 11.5 Å². The standard InChI is InChI=1S/C22H27NO7/c1-3-27-20(25)23-10-9-22-13-6-7-15(24)19(22)30-18-16(29-21(26)28-4-2)8-5-12(17(18)22)11-14(13)23/h5,8,13-15,19,24H,3-4,6-7,9-11H2,1-2H3/t13?,14?,15-,19?,22?/m0/s1. The maximum atomic E-state index is 12.6. The van der Waals surface area contributed by atoms with Gasteiger partial charge in [-0.05, 0) is 57.1 Å². The molecule has 2 aliphatic carbocycles. The Hall–Kier alpha value is -2.48. The van der Waals surface area contributed by atoms with Gasteiger partial charge in [-0.25, -0.2) is 9.59 Å². The van der Waals surface area contributed by atoms with E-state index in [2.05, 4.69) is 0 Å². The third-order valence-electron chi connectivity index (χ3n) is 7.23. The monoisotopic (exact) mass is 417 g/mol. The number of hydrogen-bond donors (Lipinski definition) is 1. The Labute approximate surface area is 175 Å². The first-order valence-corrected chi connectivity index (χ1v) is 10.8. The molecule has 0 radical (unpaired) electrons. The van der Waals surface area contributed by atoms with Gasteiger partial charge in [0.2, 0.25) is 0 Å². The van der Waals surface area contributed by atoms with Crippen molar-refractivity contribution < 1.29 is 33.6 Å². The summed E-state index contributed by atoms with van der Waals surface area (Å²) in [6.07, 6.45) is 0.730. The molecule has 2 bridgehead atoms. The second kappa shape index (κ2) is 7.04. The maximum Gasteiger partial charge on any atom is 0.513 e. The van der Waals surface area contributed by atoms with Crippen LogP contribution in [0.3, 0.4) is 0 Å². The van der Waals surface area contributed by atoms with E-state index < -0.39 is 18.4 Å². The van der Waals surface area contributed by atoms with Crippen molar-refractivity contribution in [3.05, 3.63) is 23.3 Å². The lowest BCUT2D eigenvalue weighted by Gasteiger charge is -2.58. The van der Waals surface area contributed by atoms with Gasteiger partial charge < -0.3 is 29.0 Å². The third kappa shape index (κ3) is 2.55. The number of piperidine rings is 1. The number of carbonyl (C=O) groups is 2. The van der Waals surface area contributed by atoms with Gasteiger partial charge in [-0.3, -0.25) is 0 Å². The van der Waals surface area contributed by atoms with Crippen molar-refractivity contribution in [1.82, 2.24) is 4.90 Å². The molecule has 1 amide bonds. The summed E-state index contributed by atoms with van der Waals surface area (Å²) < 4.78 is 22.0. The Bertz CT molecular complexity index is 886. The van der Waals surface area contributed by atoms with Gasteiger partial charge >= 0.3 is 12.2 Å². The normalized spacial score (nSPS) is 32.7. The van der Waals surface area contributed by atoms with E-state index in [9.17, 15) is 14.7 Å². The summed E-state index contributed by atoms with van der Waals surface area (Å²) in [7, 11) is 0. The van der Waals surface area contributed by atoms with Crippen molar-refractivity contribution in [2.24, 2.45) is 5.92 Å². The molecule has 2 heterocycles. The zero-order chi connectivity index (χ0) is 21.0. The molecule has 2 fully saturated rings. The maximum absolute atomic E-state index is 12.6. The van der Waals surface area contributed by atoms with Crippen LogP contribution in [0.2, 0.25) is 0 Å². The summed E-state index contributed by atoms with van der Waals surface area (Å²) in [6.45, 7) is 4.65. The van der Waals surface area contributed by atoms with Gasteiger partial charge in [0.1, 0.15) is 6.10 Å². The van der Waals surface area contributed by atoms with E-state index >= 15 is 0 Å². The average Bonchev–Trinajstić information content (AvgIpc) is 3.06. The number of nitrogens with zero attached hydrogens (tertiary/aromatic N) is 1. The lowest BCUT2D eigenvalue weighted by Crippen LogP contribution is -2.67. The van der Waals surface area contributed by atoms with Gasteiger partial charge in [-0.1, -0.05) is 6.07 Å². The van der Waals surface area contributed by atoms with Crippen molar-refractivity contribution in [3.63, 3.8) is 0 Å². The molecular formula is C22H27NO7. The molecular weight excluding hydrogens is 390 g/mol. The number of aliphatic hydroxyl groups is 1. The second-order valence-corrected chi connectivity index (χ2v) is 8.46.